The maximum Gasteiger partial charge on any atom is 0.266 e. The van der Waals surface area contributed by atoms with Crippen LogP contribution < -0.4 is 4.74 Å². The van der Waals surface area contributed by atoms with E-state index < -0.39 is 6.10 Å². The third-order valence-electron chi connectivity index (χ3n) is 4.97. The summed E-state index contributed by atoms with van der Waals surface area (Å²) in [4.78, 5) is 19.8. The van der Waals surface area contributed by atoms with E-state index in [4.69, 9.17) is 14.1 Å². The normalized spacial score (nSPS) is 15.4. The van der Waals surface area contributed by atoms with E-state index in [0.29, 0.717) is 30.8 Å². The van der Waals surface area contributed by atoms with Crippen LogP contribution in [0.15, 0.2) is 70.3 Å². The Morgan fingerprint density at radius 3 is 2.67 bits per heavy atom. The molecular formula is C23H23N3O4. The smallest absolute Gasteiger partial charge is 0.266 e. The first-order valence-corrected chi connectivity index (χ1v) is 9.73. The number of carbonyl (C=O) groups excluding carboxylic acids is 1. The van der Waals surface area contributed by atoms with Crippen LogP contribution in [0.5, 0.6) is 5.75 Å². The van der Waals surface area contributed by atoms with Gasteiger partial charge >= 0.3 is 0 Å². The summed E-state index contributed by atoms with van der Waals surface area (Å²) in [6.07, 6.45) is 0.508. The molecule has 2 heterocycles. The van der Waals surface area contributed by atoms with E-state index in [-0.39, 0.29) is 5.91 Å². The molecule has 0 N–H and O–H groups in total. The number of hydrogen-bond donors (Lipinski definition) is 0. The second-order valence-electron chi connectivity index (χ2n) is 7.22. The summed E-state index contributed by atoms with van der Waals surface area (Å²) >= 11 is 0. The van der Waals surface area contributed by atoms with Crippen molar-refractivity contribution in [2.75, 3.05) is 14.2 Å². The van der Waals surface area contributed by atoms with Gasteiger partial charge < -0.3 is 19.0 Å². The maximum atomic E-state index is 12.8. The lowest BCUT2D eigenvalue weighted by Crippen LogP contribution is -2.36. The molecule has 0 saturated heterocycles. The molecule has 154 valence electrons. The first-order chi connectivity index (χ1) is 14.6. The standard InChI is InChI=1S/C23H23N3O4/c1-26(15-19-14-21(29-25-19)17-6-4-3-5-7-17)23(27)22-13-18(24-30-22)12-16-8-10-20(28-2)11-9-16/h3-11,14,22H,12-13,15H2,1-2H3. The minimum atomic E-state index is -0.608. The number of oxime groups is 1. The number of methoxy groups -OCH3 is 1. The van der Waals surface area contributed by atoms with Gasteiger partial charge in [0.2, 0.25) is 6.10 Å². The van der Waals surface area contributed by atoms with Crippen molar-refractivity contribution in [1.29, 1.82) is 0 Å². The number of hydrogen-bond acceptors (Lipinski definition) is 6. The molecule has 0 radical (unpaired) electrons. The Bertz CT molecular complexity index is 1030. The summed E-state index contributed by atoms with van der Waals surface area (Å²) < 4.78 is 10.6. The van der Waals surface area contributed by atoms with Crippen molar-refractivity contribution in [1.82, 2.24) is 10.1 Å². The Morgan fingerprint density at radius 1 is 1.17 bits per heavy atom. The lowest BCUT2D eigenvalue weighted by Gasteiger charge is -2.18. The molecule has 1 aliphatic rings. The van der Waals surface area contributed by atoms with Gasteiger partial charge in [-0.1, -0.05) is 52.8 Å². The number of likely N-dealkylation sites (N-methyl/N-ethyl adjacent to an activating group) is 1. The second-order valence-corrected chi connectivity index (χ2v) is 7.22. The fourth-order valence-corrected chi connectivity index (χ4v) is 3.33. The first kappa shape index (κ1) is 19.7. The van der Waals surface area contributed by atoms with E-state index in [1.807, 2.05) is 60.7 Å². The molecular weight excluding hydrogens is 382 g/mol. The van der Waals surface area contributed by atoms with Gasteiger partial charge in [-0.3, -0.25) is 4.79 Å². The van der Waals surface area contributed by atoms with Crippen LogP contribution in [0.1, 0.15) is 17.7 Å². The number of carbonyl (C=O) groups is 1. The minimum absolute atomic E-state index is 0.132. The minimum Gasteiger partial charge on any atom is -0.497 e. The van der Waals surface area contributed by atoms with Gasteiger partial charge in [0.1, 0.15) is 11.4 Å². The van der Waals surface area contributed by atoms with Crippen LogP contribution in [0.4, 0.5) is 0 Å². The Kier molecular flexibility index (Phi) is 5.79. The van der Waals surface area contributed by atoms with Crippen LogP contribution in [0.25, 0.3) is 11.3 Å². The number of amides is 1. The summed E-state index contributed by atoms with van der Waals surface area (Å²) in [5, 5.41) is 8.19. The third kappa shape index (κ3) is 4.51. The van der Waals surface area contributed by atoms with Gasteiger partial charge in [-0.15, -0.1) is 0 Å². The molecule has 7 nitrogen and oxygen atoms in total. The van der Waals surface area contributed by atoms with Gasteiger partial charge in [0, 0.05) is 31.5 Å². The van der Waals surface area contributed by atoms with Gasteiger partial charge in [-0.25, -0.2) is 0 Å². The van der Waals surface area contributed by atoms with Crippen LogP contribution in [0.3, 0.4) is 0 Å². The zero-order valence-electron chi connectivity index (χ0n) is 16.9. The molecule has 0 aliphatic carbocycles. The molecule has 0 bridgehead atoms. The maximum absolute atomic E-state index is 12.8. The van der Waals surface area contributed by atoms with E-state index in [9.17, 15) is 4.79 Å². The van der Waals surface area contributed by atoms with E-state index in [0.717, 1.165) is 22.6 Å². The fourth-order valence-electron chi connectivity index (χ4n) is 3.33. The Hall–Kier alpha value is -3.61. The van der Waals surface area contributed by atoms with Crippen molar-refractivity contribution >= 4 is 11.6 Å². The molecule has 0 fully saturated rings. The number of ether oxygens (including phenoxy) is 1. The molecule has 1 unspecified atom stereocenters. The highest BCUT2D eigenvalue weighted by atomic mass is 16.6. The highest BCUT2D eigenvalue weighted by Gasteiger charge is 2.30. The largest absolute Gasteiger partial charge is 0.497 e. The van der Waals surface area contributed by atoms with Crippen molar-refractivity contribution in [3.63, 3.8) is 0 Å². The molecule has 0 spiro atoms. The molecule has 1 aliphatic heterocycles. The number of benzene rings is 2. The monoisotopic (exact) mass is 405 g/mol. The molecule has 1 atom stereocenters. The molecule has 1 aromatic heterocycles. The van der Waals surface area contributed by atoms with Gasteiger partial charge in [0.05, 0.1) is 19.4 Å². The topological polar surface area (TPSA) is 77.2 Å². The van der Waals surface area contributed by atoms with Crippen LogP contribution in [-0.4, -0.2) is 41.9 Å². The average molecular weight is 405 g/mol. The molecule has 1 amide bonds. The molecule has 7 heteroatoms. The summed E-state index contributed by atoms with van der Waals surface area (Å²) in [5.74, 6) is 1.35. The third-order valence-corrected chi connectivity index (χ3v) is 4.97. The molecule has 4 rings (SSSR count). The van der Waals surface area contributed by atoms with E-state index in [1.54, 1.807) is 19.1 Å². The highest BCUT2D eigenvalue weighted by molar-refractivity contribution is 5.93. The highest BCUT2D eigenvalue weighted by Crippen LogP contribution is 2.22. The summed E-state index contributed by atoms with van der Waals surface area (Å²) in [6, 6.07) is 19.4. The molecule has 30 heavy (non-hydrogen) atoms. The average Bonchev–Trinajstić information content (AvgIpc) is 3.44. The summed E-state index contributed by atoms with van der Waals surface area (Å²) in [6.45, 7) is 0.336. The lowest BCUT2D eigenvalue weighted by molar-refractivity contribution is -0.141. The van der Waals surface area contributed by atoms with Gasteiger partial charge in [0.15, 0.2) is 5.76 Å². The summed E-state index contributed by atoms with van der Waals surface area (Å²) in [5.41, 5.74) is 3.57. The van der Waals surface area contributed by atoms with Crippen LogP contribution in [0.2, 0.25) is 0 Å². The SMILES string of the molecule is COc1ccc(CC2=NOC(C(=O)N(C)Cc3cc(-c4ccccc4)on3)C2)cc1. The zero-order valence-corrected chi connectivity index (χ0v) is 16.9. The van der Waals surface area contributed by atoms with Crippen LogP contribution in [0, 0.1) is 0 Å². The molecule has 0 saturated carbocycles. The van der Waals surface area contributed by atoms with Gasteiger partial charge in [0.25, 0.3) is 5.91 Å². The predicted molar refractivity (Wildman–Crippen MR) is 112 cm³/mol. The van der Waals surface area contributed by atoms with Crippen LogP contribution >= 0.6 is 0 Å². The number of rotatable bonds is 7. The van der Waals surface area contributed by atoms with Gasteiger partial charge in [-0.2, -0.15) is 0 Å². The Morgan fingerprint density at radius 2 is 1.93 bits per heavy atom. The fraction of sp³-hybridized carbons (Fsp3) is 0.261. The lowest BCUT2D eigenvalue weighted by atomic mass is 10.0. The van der Waals surface area contributed by atoms with E-state index in [1.165, 1.54) is 0 Å². The van der Waals surface area contributed by atoms with Gasteiger partial charge in [-0.05, 0) is 17.7 Å². The van der Waals surface area contributed by atoms with Crippen molar-refractivity contribution in [2.24, 2.45) is 5.16 Å². The quantitative estimate of drug-likeness (QED) is 0.599. The van der Waals surface area contributed by atoms with Crippen molar-refractivity contribution in [3.8, 4) is 17.1 Å². The number of nitrogens with zero attached hydrogens (tertiary/aromatic N) is 3. The predicted octanol–water partition coefficient (Wildman–Crippen LogP) is 3.70. The summed E-state index contributed by atoms with van der Waals surface area (Å²) in [7, 11) is 3.36. The Labute approximate surface area is 174 Å². The second kappa shape index (κ2) is 8.82. The first-order valence-electron chi connectivity index (χ1n) is 9.73. The van der Waals surface area contributed by atoms with Crippen LogP contribution in [-0.2, 0) is 22.6 Å². The molecule has 2 aromatic carbocycles. The van der Waals surface area contributed by atoms with Crippen molar-refractivity contribution in [3.05, 3.63) is 71.9 Å². The van der Waals surface area contributed by atoms with Crippen molar-refractivity contribution in [2.45, 2.75) is 25.5 Å². The van der Waals surface area contributed by atoms with E-state index in [2.05, 4.69) is 10.3 Å². The van der Waals surface area contributed by atoms with Crippen molar-refractivity contribution < 1.29 is 18.9 Å². The Balaban J connectivity index is 1.31. The molecule has 3 aromatic rings. The number of aromatic nitrogens is 1. The zero-order chi connectivity index (χ0) is 20.9. The van der Waals surface area contributed by atoms with E-state index >= 15 is 0 Å².